The number of carboxylic acid groups (broad SMARTS) is 1. The summed E-state index contributed by atoms with van der Waals surface area (Å²) in [6.07, 6.45) is -0.340. The summed E-state index contributed by atoms with van der Waals surface area (Å²) in [5.74, 6) is -0.248. The first-order chi connectivity index (χ1) is 12.0. The van der Waals surface area contributed by atoms with Crippen LogP contribution in [0.4, 0.5) is 4.79 Å². The summed E-state index contributed by atoms with van der Waals surface area (Å²) in [5, 5.41) is 9.07. The summed E-state index contributed by atoms with van der Waals surface area (Å²) in [6, 6.07) is 17.7. The minimum atomic E-state index is -0.957. The van der Waals surface area contributed by atoms with Gasteiger partial charge in [-0.05, 0) is 17.7 Å². The Morgan fingerprint density at radius 1 is 1.00 bits per heavy atom. The van der Waals surface area contributed by atoms with Gasteiger partial charge < -0.3 is 15.7 Å². The normalized spacial score (nSPS) is 16.6. The Bertz CT molecular complexity index is 732. The smallest absolute Gasteiger partial charge is 0.407 e. The molecule has 1 aliphatic heterocycles. The second kappa shape index (κ2) is 8.63. The minimum Gasteiger partial charge on any atom is -0.465 e. The van der Waals surface area contributed by atoms with Gasteiger partial charge in [0.05, 0.1) is 6.04 Å². The number of amides is 2. The van der Waals surface area contributed by atoms with E-state index >= 15 is 0 Å². The maximum atomic E-state index is 11.4. The highest BCUT2D eigenvalue weighted by Gasteiger charge is 2.31. The highest BCUT2D eigenvalue weighted by atomic mass is 16.4. The zero-order valence-corrected chi connectivity index (χ0v) is 13.7. The van der Waals surface area contributed by atoms with Crippen LogP contribution < -0.4 is 5.73 Å². The fraction of sp³-hybridized carbons (Fsp3) is 0.211. The molecule has 0 saturated carbocycles. The molecule has 6 nitrogen and oxygen atoms in total. The summed E-state index contributed by atoms with van der Waals surface area (Å²) in [6.45, 7) is 0.299. The molecule has 2 aromatic carbocycles. The summed E-state index contributed by atoms with van der Waals surface area (Å²) in [4.78, 5) is 34.2. The van der Waals surface area contributed by atoms with Crippen molar-refractivity contribution in [3.8, 4) is 0 Å². The van der Waals surface area contributed by atoms with Crippen LogP contribution in [0.2, 0.25) is 0 Å². The molecule has 1 heterocycles. The summed E-state index contributed by atoms with van der Waals surface area (Å²) in [7, 11) is 0. The van der Waals surface area contributed by atoms with E-state index in [1.807, 2.05) is 36.4 Å². The summed E-state index contributed by atoms with van der Waals surface area (Å²) < 4.78 is 0. The predicted octanol–water partition coefficient (Wildman–Crippen LogP) is 2.86. The van der Waals surface area contributed by atoms with Gasteiger partial charge in [0, 0.05) is 24.9 Å². The Morgan fingerprint density at radius 2 is 1.56 bits per heavy atom. The lowest BCUT2D eigenvalue weighted by atomic mass is 9.95. The van der Waals surface area contributed by atoms with E-state index in [4.69, 9.17) is 10.8 Å². The lowest BCUT2D eigenvalue weighted by Gasteiger charge is -2.33. The standard InChI is InChI=1S/C12H13NO3.C7H7NO/c14-10-6-7-13(12(15)16)11(8-10)9-4-2-1-3-5-9;8-7(9)6-4-2-1-3-5-6/h1-5,11H,6-8H2,(H,15,16);1-5H,(H2,8,9). The van der Waals surface area contributed by atoms with Crippen molar-refractivity contribution in [3.63, 3.8) is 0 Å². The number of rotatable bonds is 2. The molecule has 2 aromatic rings. The lowest BCUT2D eigenvalue weighted by molar-refractivity contribution is -0.122. The number of hydrogen-bond donors (Lipinski definition) is 2. The molecule has 6 heteroatoms. The molecule has 1 fully saturated rings. The van der Waals surface area contributed by atoms with Gasteiger partial charge in [0.2, 0.25) is 5.91 Å². The second-order valence-corrected chi connectivity index (χ2v) is 5.63. The van der Waals surface area contributed by atoms with Crippen molar-refractivity contribution >= 4 is 17.8 Å². The number of primary amides is 1. The number of nitrogens with zero attached hydrogens (tertiary/aromatic N) is 1. The van der Waals surface area contributed by atoms with Gasteiger partial charge in [-0.1, -0.05) is 48.5 Å². The topological polar surface area (TPSA) is 101 Å². The van der Waals surface area contributed by atoms with Crippen LogP contribution in [-0.4, -0.2) is 34.3 Å². The molecular weight excluding hydrogens is 320 g/mol. The van der Waals surface area contributed by atoms with Crippen molar-refractivity contribution in [3.05, 3.63) is 71.8 Å². The predicted molar refractivity (Wildman–Crippen MR) is 93.1 cm³/mol. The molecular formula is C19H20N2O4. The first kappa shape index (κ1) is 18.2. The van der Waals surface area contributed by atoms with Gasteiger partial charge in [-0.2, -0.15) is 0 Å². The van der Waals surface area contributed by atoms with Crippen LogP contribution >= 0.6 is 0 Å². The van der Waals surface area contributed by atoms with Crippen molar-refractivity contribution in [1.29, 1.82) is 0 Å². The number of carbonyl (C=O) groups excluding carboxylic acids is 2. The fourth-order valence-electron chi connectivity index (χ4n) is 2.63. The Labute approximate surface area is 145 Å². The van der Waals surface area contributed by atoms with Gasteiger partial charge in [-0.15, -0.1) is 0 Å². The molecule has 130 valence electrons. The number of ketones is 1. The van der Waals surface area contributed by atoms with E-state index in [2.05, 4.69) is 0 Å². The first-order valence-corrected chi connectivity index (χ1v) is 7.90. The molecule has 0 aromatic heterocycles. The van der Waals surface area contributed by atoms with E-state index in [1.54, 1.807) is 24.3 Å². The van der Waals surface area contributed by atoms with Crippen LogP contribution in [0.15, 0.2) is 60.7 Å². The number of hydrogen-bond acceptors (Lipinski definition) is 3. The third kappa shape index (κ3) is 5.17. The molecule has 1 atom stereocenters. The number of Topliss-reactive ketones (excluding diaryl/α,β-unsaturated/α-hetero) is 1. The van der Waals surface area contributed by atoms with Gasteiger partial charge in [0.15, 0.2) is 0 Å². The molecule has 3 rings (SSSR count). The van der Waals surface area contributed by atoms with E-state index in [1.165, 1.54) is 4.90 Å². The Balaban J connectivity index is 0.000000212. The van der Waals surface area contributed by atoms with Gasteiger partial charge in [0.1, 0.15) is 5.78 Å². The summed E-state index contributed by atoms with van der Waals surface area (Å²) >= 11 is 0. The van der Waals surface area contributed by atoms with E-state index in [0.717, 1.165) is 5.56 Å². The molecule has 0 radical (unpaired) electrons. The number of likely N-dealkylation sites (tertiary alicyclic amines) is 1. The van der Waals surface area contributed by atoms with Crippen molar-refractivity contribution < 1.29 is 19.5 Å². The van der Waals surface area contributed by atoms with E-state index < -0.39 is 6.09 Å². The molecule has 0 spiro atoms. The van der Waals surface area contributed by atoms with Crippen LogP contribution in [0.5, 0.6) is 0 Å². The van der Waals surface area contributed by atoms with Gasteiger partial charge in [-0.25, -0.2) is 4.79 Å². The largest absolute Gasteiger partial charge is 0.465 e. The fourth-order valence-corrected chi connectivity index (χ4v) is 2.63. The van der Waals surface area contributed by atoms with Crippen LogP contribution in [0.3, 0.4) is 0 Å². The molecule has 1 aliphatic rings. The number of benzene rings is 2. The van der Waals surface area contributed by atoms with Crippen molar-refractivity contribution in [1.82, 2.24) is 4.90 Å². The molecule has 1 saturated heterocycles. The maximum absolute atomic E-state index is 11.4. The Morgan fingerprint density at radius 3 is 2.04 bits per heavy atom. The maximum Gasteiger partial charge on any atom is 0.407 e. The zero-order chi connectivity index (χ0) is 18.2. The SMILES string of the molecule is NC(=O)c1ccccc1.O=C1CCN(C(=O)O)C(c2ccccc2)C1. The van der Waals surface area contributed by atoms with E-state index in [9.17, 15) is 14.4 Å². The summed E-state index contributed by atoms with van der Waals surface area (Å²) in [5.41, 5.74) is 6.42. The van der Waals surface area contributed by atoms with Gasteiger partial charge in [-0.3, -0.25) is 9.59 Å². The van der Waals surface area contributed by atoms with E-state index in [0.29, 0.717) is 18.5 Å². The lowest BCUT2D eigenvalue weighted by Crippen LogP contribution is -2.40. The Hall–Kier alpha value is -3.15. The third-order valence-corrected chi connectivity index (χ3v) is 3.92. The van der Waals surface area contributed by atoms with Crippen molar-refractivity contribution in [2.75, 3.05) is 6.54 Å². The molecule has 25 heavy (non-hydrogen) atoms. The quantitative estimate of drug-likeness (QED) is 0.877. The van der Waals surface area contributed by atoms with Gasteiger partial charge >= 0.3 is 6.09 Å². The van der Waals surface area contributed by atoms with Crippen LogP contribution in [0, 0.1) is 0 Å². The average Bonchev–Trinajstić information content (AvgIpc) is 2.63. The van der Waals surface area contributed by atoms with Gasteiger partial charge in [0.25, 0.3) is 0 Å². The van der Waals surface area contributed by atoms with Crippen molar-refractivity contribution in [2.24, 2.45) is 5.73 Å². The average molecular weight is 340 g/mol. The van der Waals surface area contributed by atoms with Crippen LogP contribution in [0.25, 0.3) is 0 Å². The highest BCUT2D eigenvalue weighted by Crippen LogP contribution is 2.28. The molecule has 1 unspecified atom stereocenters. The number of nitrogens with two attached hydrogens (primary N) is 1. The zero-order valence-electron chi connectivity index (χ0n) is 13.7. The van der Waals surface area contributed by atoms with E-state index in [-0.39, 0.29) is 24.2 Å². The minimum absolute atomic E-state index is 0.131. The highest BCUT2D eigenvalue weighted by molar-refractivity contribution is 5.92. The second-order valence-electron chi connectivity index (χ2n) is 5.63. The van der Waals surface area contributed by atoms with Crippen molar-refractivity contribution in [2.45, 2.75) is 18.9 Å². The Kier molecular flexibility index (Phi) is 6.28. The first-order valence-electron chi connectivity index (χ1n) is 7.90. The van der Waals surface area contributed by atoms with Crippen LogP contribution in [-0.2, 0) is 4.79 Å². The van der Waals surface area contributed by atoms with Crippen LogP contribution in [0.1, 0.15) is 34.8 Å². The molecule has 3 N–H and O–H groups in total. The molecule has 0 bridgehead atoms. The molecule has 2 amide bonds. The monoisotopic (exact) mass is 340 g/mol. The number of carbonyl (C=O) groups is 3. The number of piperidine rings is 1. The third-order valence-electron chi connectivity index (χ3n) is 3.92. The molecule has 0 aliphatic carbocycles.